The van der Waals surface area contributed by atoms with E-state index in [1.165, 1.54) is 16.7 Å². The van der Waals surface area contributed by atoms with E-state index in [0.29, 0.717) is 24.0 Å². The van der Waals surface area contributed by atoms with Crippen LogP contribution in [0.1, 0.15) is 36.5 Å². The van der Waals surface area contributed by atoms with E-state index in [2.05, 4.69) is 58.2 Å². The molecule has 3 aromatic rings. The molecule has 3 aromatic carbocycles. The summed E-state index contributed by atoms with van der Waals surface area (Å²) in [5, 5.41) is 0. The summed E-state index contributed by atoms with van der Waals surface area (Å²) in [5.74, 6) is 1.11. The molecule has 1 N–H and O–H groups in total. The molecule has 0 radical (unpaired) electrons. The van der Waals surface area contributed by atoms with E-state index in [1.54, 1.807) is 12.1 Å². The van der Waals surface area contributed by atoms with Crippen LogP contribution in [0.25, 0.3) is 11.1 Å². The van der Waals surface area contributed by atoms with Gasteiger partial charge in [0.1, 0.15) is 5.75 Å². The second-order valence-corrected chi connectivity index (χ2v) is 11.2. The van der Waals surface area contributed by atoms with Crippen LogP contribution in [0.5, 0.6) is 5.75 Å². The number of likely N-dealkylation sites (tertiary alicyclic amines) is 1. The Bertz CT molecular complexity index is 1210. The lowest BCUT2D eigenvalue weighted by Gasteiger charge is -2.32. The highest BCUT2D eigenvalue weighted by Crippen LogP contribution is 2.28. The van der Waals surface area contributed by atoms with Crippen LogP contribution in [-0.2, 0) is 16.6 Å². The highest BCUT2D eigenvalue weighted by molar-refractivity contribution is 7.89. The van der Waals surface area contributed by atoms with E-state index in [-0.39, 0.29) is 0 Å². The van der Waals surface area contributed by atoms with Crippen molar-refractivity contribution in [1.29, 1.82) is 0 Å². The molecule has 1 fully saturated rings. The Morgan fingerprint density at radius 2 is 1.57 bits per heavy atom. The maximum Gasteiger partial charge on any atom is 0.240 e. The molecule has 0 aliphatic carbocycles. The van der Waals surface area contributed by atoms with Crippen molar-refractivity contribution in [3.63, 3.8) is 0 Å². The van der Waals surface area contributed by atoms with Crippen LogP contribution in [0.4, 0.5) is 0 Å². The number of piperidine rings is 1. The van der Waals surface area contributed by atoms with Crippen molar-refractivity contribution in [2.24, 2.45) is 5.92 Å². The van der Waals surface area contributed by atoms with Gasteiger partial charge in [-0.3, -0.25) is 4.90 Å². The molecular formula is C29H36N2O3S. The van der Waals surface area contributed by atoms with Gasteiger partial charge in [0.25, 0.3) is 0 Å². The third kappa shape index (κ3) is 6.31. The van der Waals surface area contributed by atoms with Gasteiger partial charge in [0.2, 0.25) is 10.0 Å². The summed E-state index contributed by atoms with van der Waals surface area (Å²) in [6.45, 7) is 9.59. The lowest BCUT2D eigenvalue weighted by Crippen LogP contribution is -2.38. The Labute approximate surface area is 210 Å². The highest BCUT2D eigenvalue weighted by atomic mass is 32.2. The monoisotopic (exact) mass is 492 g/mol. The maximum absolute atomic E-state index is 13.0. The molecule has 0 spiro atoms. The van der Waals surface area contributed by atoms with Gasteiger partial charge in [-0.05, 0) is 92.6 Å². The van der Waals surface area contributed by atoms with Crippen LogP contribution in [-0.4, -0.2) is 39.6 Å². The van der Waals surface area contributed by atoms with Gasteiger partial charge in [0.15, 0.2) is 0 Å². The van der Waals surface area contributed by atoms with Crippen LogP contribution in [0.3, 0.4) is 0 Å². The summed E-state index contributed by atoms with van der Waals surface area (Å²) in [4.78, 5) is 2.79. The standard InChI is InChI=1S/C29H36N2O3S/c1-4-34-29-22(2)18-27(19-23(29)3)35(32,33)30-20-24-14-16-31(17-15-24)21-26-12-8-9-13-28(26)25-10-6-5-7-11-25/h5-13,18-19,24,30H,4,14-17,20-21H2,1-3H3. The molecule has 4 rings (SSSR count). The largest absolute Gasteiger partial charge is 0.493 e. The summed E-state index contributed by atoms with van der Waals surface area (Å²) in [6, 6.07) is 22.5. The number of hydrogen-bond acceptors (Lipinski definition) is 4. The van der Waals surface area contributed by atoms with E-state index in [9.17, 15) is 8.42 Å². The second-order valence-electron chi connectivity index (χ2n) is 9.41. The van der Waals surface area contributed by atoms with Gasteiger partial charge in [-0.2, -0.15) is 0 Å². The average Bonchev–Trinajstić information content (AvgIpc) is 2.86. The fourth-order valence-corrected chi connectivity index (χ4v) is 6.18. The predicted octanol–water partition coefficient (Wildman–Crippen LogP) is 5.56. The Hall–Kier alpha value is -2.67. The van der Waals surface area contributed by atoms with Gasteiger partial charge in [-0.1, -0.05) is 54.6 Å². The SMILES string of the molecule is CCOc1c(C)cc(S(=O)(=O)NCC2CCN(Cc3ccccc3-c3ccccc3)CC2)cc1C. The molecule has 6 heteroatoms. The van der Waals surface area contributed by atoms with Crippen LogP contribution in [0, 0.1) is 19.8 Å². The maximum atomic E-state index is 13.0. The number of rotatable bonds is 9. The van der Waals surface area contributed by atoms with Gasteiger partial charge in [-0.15, -0.1) is 0 Å². The molecular weight excluding hydrogens is 456 g/mol. The first-order chi connectivity index (χ1) is 16.9. The fourth-order valence-electron chi connectivity index (χ4n) is 4.90. The molecule has 1 saturated heterocycles. The van der Waals surface area contributed by atoms with E-state index < -0.39 is 10.0 Å². The van der Waals surface area contributed by atoms with Gasteiger partial charge >= 0.3 is 0 Å². The normalized spacial score (nSPS) is 15.3. The number of nitrogens with one attached hydrogen (secondary N) is 1. The lowest BCUT2D eigenvalue weighted by atomic mass is 9.95. The van der Waals surface area contributed by atoms with Gasteiger partial charge in [0, 0.05) is 13.1 Å². The topological polar surface area (TPSA) is 58.6 Å². The Kier molecular flexibility index (Phi) is 8.26. The van der Waals surface area contributed by atoms with Gasteiger partial charge < -0.3 is 4.74 Å². The molecule has 1 heterocycles. The van der Waals surface area contributed by atoms with Crippen LogP contribution >= 0.6 is 0 Å². The number of nitrogens with zero attached hydrogens (tertiary/aromatic N) is 1. The molecule has 1 aliphatic rings. The van der Waals surface area contributed by atoms with Crippen LogP contribution < -0.4 is 9.46 Å². The van der Waals surface area contributed by atoms with Crippen molar-refractivity contribution < 1.29 is 13.2 Å². The number of sulfonamides is 1. The first-order valence-corrected chi connectivity index (χ1v) is 13.9. The van der Waals surface area contributed by atoms with E-state index in [1.807, 2.05) is 26.8 Å². The number of aryl methyl sites for hydroxylation is 2. The second kappa shape index (κ2) is 11.4. The summed E-state index contributed by atoms with van der Waals surface area (Å²) < 4.78 is 34.4. The minimum absolute atomic E-state index is 0.311. The number of benzene rings is 3. The zero-order valence-electron chi connectivity index (χ0n) is 21.0. The zero-order chi connectivity index (χ0) is 24.8. The molecule has 186 valence electrons. The quantitative estimate of drug-likeness (QED) is 0.425. The van der Waals surface area contributed by atoms with Gasteiger partial charge in [0.05, 0.1) is 11.5 Å². The third-order valence-corrected chi connectivity index (χ3v) is 8.20. The summed E-state index contributed by atoms with van der Waals surface area (Å²) in [6.07, 6.45) is 1.97. The fraction of sp³-hybridized carbons (Fsp3) is 0.379. The minimum atomic E-state index is -3.55. The molecule has 5 nitrogen and oxygen atoms in total. The molecule has 0 saturated carbocycles. The van der Waals surface area contributed by atoms with E-state index in [0.717, 1.165) is 49.4 Å². The third-order valence-electron chi connectivity index (χ3n) is 6.80. The molecule has 0 bridgehead atoms. The van der Waals surface area contributed by atoms with Crippen molar-refractivity contribution in [2.45, 2.75) is 45.1 Å². The van der Waals surface area contributed by atoms with Crippen molar-refractivity contribution in [1.82, 2.24) is 9.62 Å². The van der Waals surface area contributed by atoms with E-state index >= 15 is 0 Å². The summed E-state index contributed by atoms with van der Waals surface area (Å²) in [7, 11) is -3.55. The van der Waals surface area contributed by atoms with Gasteiger partial charge in [-0.25, -0.2) is 13.1 Å². The van der Waals surface area contributed by atoms with Crippen LogP contribution in [0.2, 0.25) is 0 Å². The molecule has 35 heavy (non-hydrogen) atoms. The number of hydrogen-bond donors (Lipinski definition) is 1. The molecule has 0 aromatic heterocycles. The Morgan fingerprint density at radius 3 is 2.23 bits per heavy atom. The molecule has 0 atom stereocenters. The highest BCUT2D eigenvalue weighted by Gasteiger charge is 2.23. The van der Waals surface area contributed by atoms with E-state index in [4.69, 9.17) is 4.74 Å². The summed E-state index contributed by atoms with van der Waals surface area (Å²) >= 11 is 0. The first kappa shape index (κ1) is 25.4. The predicted molar refractivity (Wildman–Crippen MR) is 142 cm³/mol. The smallest absolute Gasteiger partial charge is 0.240 e. The van der Waals surface area contributed by atoms with Crippen molar-refractivity contribution in [2.75, 3.05) is 26.2 Å². The zero-order valence-corrected chi connectivity index (χ0v) is 21.8. The minimum Gasteiger partial charge on any atom is -0.493 e. The summed E-state index contributed by atoms with van der Waals surface area (Å²) in [5.41, 5.74) is 5.54. The van der Waals surface area contributed by atoms with Crippen molar-refractivity contribution in [3.05, 3.63) is 83.4 Å². The lowest BCUT2D eigenvalue weighted by molar-refractivity contribution is 0.179. The van der Waals surface area contributed by atoms with Crippen molar-refractivity contribution in [3.8, 4) is 16.9 Å². The first-order valence-electron chi connectivity index (χ1n) is 12.5. The molecule has 0 amide bonds. The number of ether oxygens (including phenoxy) is 1. The average molecular weight is 493 g/mol. The molecule has 1 aliphatic heterocycles. The van der Waals surface area contributed by atoms with Crippen LogP contribution in [0.15, 0.2) is 71.6 Å². The van der Waals surface area contributed by atoms with Crippen molar-refractivity contribution >= 4 is 10.0 Å². The Morgan fingerprint density at radius 1 is 0.943 bits per heavy atom. The molecule has 0 unspecified atom stereocenters. The Balaban J connectivity index is 1.33.